The summed E-state index contributed by atoms with van der Waals surface area (Å²) in [5, 5.41) is 2.91. The van der Waals surface area contributed by atoms with E-state index in [2.05, 4.69) is 5.32 Å². The van der Waals surface area contributed by atoms with Crippen molar-refractivity contribution in [2.24, 2.45) is 0 Å². The van der Waals surface area contributed by atoms with E-state index in [1.54, 1.807) is 25.1 Å². The molecule has 0 unspecified atom stereocenters. The summed E-state index contributed by atoms with van der Waals surface area (Å²) in [5.74, 6) is -2.66. The molecule has 0 bridgehead atoms. The number of amides is 1. The van der Waals surface area contributed by atoms with E-state index in [9.17, 15) is 13.6 Å². The van der Waals surface area contributed by atoms with Crippen LogP contribution in [0.25, 0.3) is 0 Å². The molecule has 0 saturated heterocycles. The molecule has 0 atom stereocenters. The molecule has 0 aliphatic carbocycles. The van der Waals surface area contributed by atoms with Crippen molar-refractivity contribution < 1.29 is 13.6 Å². The van der Waals surface area contributed by atoms with Crippen molar-refractivity contribution in [2.75, 3.05) is 5.32 Å². The number of rotatable bonds is 2. The highest BCUT2D eigenvalue weighted by Crippen LogP contribution is 2.24. The third kappa shape index (κ3) is 2.74. The number of hydrogen-bond acceptors (Lipinski definition) is 1. The van der Waals surface area contributed by atoms with Crippen molar-refractivity contribution in [3.63, 3.8) is 0 Å². The molecule has 2 aromatic carbocycles. The van der Waals surface area contributed by atoms with Crippen LogP contribution in [0.2, 0.25) is 5.02 Å². The van der Waals surface area contributed by atoms with Crippen molar-refractivity contribution in [3.8, 4) is 0 Å². The van der Waals surface area contributed by atoms with Crippen molar-refractivity contribution in [3.05, 3.63) is 64.2 Å². The van der Waals surface area contributed by atoms with Crippen molar-refractivity contribution in [2.45, 2.75) is 6.92 Å². The zero-order valence-corrected chi connectivity index (χ0v) is 10.8. The number of benzene rings is 2. The molecule has 0 spiro atoms. The first-order chi connectivity index (χ1) is 9.00. The lowest BCUT2D eigenvalue weighted by atomic mass is 10.1. The molecule has 1 amide bonds. The van der Waals surface area contributed by atoms with E-state index in [1.165, 1.54) is 6.07 Å². The van der Waals surface area contributed by atoms with Crippen molar-refractivity contribution in [1.29, 1.82) is 0 Å². The van der Waals surface area contributed by atoms with Gasteiger partial charge in [0.15, 0.2) is 0 Å². The van der Waals surface area contributed by atoms with Crippen LogP contribution in [0.3, 0.4) is 0 Å². The summed E-state index contributed by atoms with van der Waals surface area (Å²) in [4.78, 5) is 11.9. The van der Waals surface area contributed by atoms with E-state index in [0.717, 1.165) is 12.1 Å². The lowest BCUT2D eigenvalue weighted by Crippen LogP contribution is -2.16. The molecule has 0 heterocycles. The molecule has 2 nitrogen and oxygen atoms in total. The Morgan fingerprint density at radius 1 is 1.11 bits per heavy atom. The maximum atomic E-state index is 13.5. The topological polar surface area (TPSA) is 29.1 Å². The normalized spacial score (nSPS) is 10.3. The average Bonchev–Trinajstić information content (AvgIpc) is 2.35. The van der Waals surface area contributed by atoms with E-state index >= 15 is 0 Å². The van der Waals surface area contributed by atoms with Crippen LogP contribution < -0.4 is 5.32 Å². The molecule has 1 N–H and O–H groups in total. The first-order valence-electron chi connectivity index (χ1n) is 5.51. The van der Waals surface area contributed by atoms with Crippen molar-refractivity contribution >= 4 is 23.2 Å². The van der Waals surface area contributed by atoms with Gasteiger partial charge in [0.25, 0.3) is 5.91 Å². The van der Waals surface area contributed by atoms with Gasteiger partial charge in [-0.3, -0.25) is 4.79 Å². The highest BCUT2D eigenvalue weighted by molar-refractivity contribution is 6.31. The van der Waals surface area contributed by atoms with Gasteiger partial charge in [-0.2, -0.15) is 0 Å². The Labute approximate surface area is 114 Å². The summed E-state index contributed by atoms with van der Waals surface area (Å²) in [7, 11) is 0. The zero-order chi connectivity index (χ0) is 14.0. The summed E-state index contributed by atoms with van der Waals surface area (Å²) in [6, 6.07) is 8.18. The summed E-state index contributed by atoms with van der Waals surface area (Å²) < 4.78 is 26.9. The molecule has 0 aliphatic rings. The fourth-order valence-corrected chi connectivity index (χ4v) is 1.82. The molecular formula is C14H10ClF2NO. The SMILES string of the molecule is Cc1c(Cl)cccc1NC(=O)c1c(F)cccc1F. The molecule has 2 aromatic rings. The minimum Gasteiger partial charge on any atom is -0.322 e. The zero-order valence-electron chi connectivity index (χ0n) is 10.0. The quantitative estimate of drug-likeness (QED) is 0.879. The lowest BCUT2D eigenvalue weighted by molar-refractivity contribution is 0.101. The molecule has 0 fully saturated rings. The van der Waals surface area contributed by atoms with Gasteiger partial charge < -0.3 is 5.32 Å². The second kappa shape index (κ2) is 5.36. The molecule has 0 aromatic heterocycles. The summed E-state index contributed by atoms with van der Waals surface area (Å²) in [5.41, 5.74) is 0.441. The Bertz CT molecular complexity index is 623. The third-order valence-corrected chi connectivity index (χ3v) is 3.12. The van der Waals surface area contributed by atoms with E-state index in [0.29, 0.717) is 16.3 Å². The number of anilines is 1. The molecule has 19 heavy (non-hydrogen) atoms. The number of halogens is 3. The van der Waals surface area contributed by atoms with E-state index in [4.69, 9.17) is 11.6 Å². The van der Waals surface area contributed by atoms with Crippen LogP contribution in [-0.4, -0.2) is 5.91 Å². The first-order valence-corrected chi connectivity index (χ1v) is 5.89. The van der Waals surface area contributed by atoms with Gasteiger partial charge in [0.2, 0.25) is 0 Å². The van der Waals surface area contributed by atoms with E-state index < -0.39 is 23.1 Å². The van der Waals surface area contributed by atoms with Crippen LogP contribution >= 0.6 is 11.6 Å². The predicted octanol–water partition coefficient (Wildman–Crippen LogP) is 4.18. The minimum absolute atomic E-state index is 0.417. The first kappa shape index (κ1) is 13.5. The standard InChI is InChI=1S/C14H10ClF2NO/c1-8-9(15)4-2-7-12(8)18-14(19)13-10(16)5-3-6-11(13)17/h2-7H,1H3,(H,18,19). The fourth-order valence-electron chi connectivity index (χ4n) is 1.64. The highest BCUT2D eigenvalue weighted by Gasteiger charge is 2.17. The third-order valence-electron chi connectivity index (χ3n) is 2.71. The van der Waals surface area contributed by atoms with Gasteiger partial charge in [-0.1, -0.05) is 23.7 Å². The van der Waals surface area contributed by atoms with Gasteiger partial charge in [-0.25, -0.2) is 8.78 Å². The van der Waals surface area contributed by atoms with Gasteiger partial charge in [0.05, 0.1) is 0 Å². The van der Waals surface area contributed by atoms with Gasteiger partial charge in [-0.05, 0) is 36.8 Å². The molecule has 2 rings (SSSR count). The van der Waals surface area contributed by atoms with E-state index in [-0.39, 0.29) is 0 Å². The number of nitrogens with one attached hydrogen (secondary N) is 1. The largest absolute Gasteiger partial charge is 0.322 e. The van der Waals surface area contributed by atoms with Crippen LogP contribution in [0.15, 0.2) is 36.4 Å². The molecule has 0 aliphatic heterocycles. The monoisotopic (exact) mass is 281 g/mol. The Kier molecular flexibility index (Phi) is 3.81. The predicted molar refractivity (Wildman–Crippen MR) is 70.5 cm³/mol. The molecule has 5 heteroatoms. The maximum absolute atomic E-state index is 13.5. The Morgan fingerprint density at radius 3 is 2.32 bits per heavy atom. The van der Waals surface area contributed by atoms with Crippen LogP contribution in [-0.2, 0) is 0 Å². The van der Waals surface area contributed by atoms with E-state index in [1.807, 2.05) is 0 Å². The lowest BCUT2D eigenvalue weighted by Gasteiger charge is -2.10. The highest BCUT2D eigenvalue weighted by atomic mass is 35.5. The van der Waals surface area contributed by atoms with Crippen molar-refractivity contribution in [1.82, 2.24) is 0 Å². The average molecular weight is 282 g/mol. The Morgan fingerprint density at radius 2 is 1.68 bits per heavy atom. The second-order valence-electron chi connectivity index (χ2n) is 3.96. The smallest absolute Gasteiger partial charge is 0.261 e. The molecule has 0 saturated carbocycles. The Balaban J connectivity index is 2.34. The van der Waals surface area contributed by atoms with Gasteiger partial charge in [-0.15, -0.1) is 0 Å². The van der Waals surface area contributed by atoms with Gasteiger partial charge >= 0.3 is 0 Å². The maximum Gasteiger partial charge on any atom is 0.261 e. The van der Waals surface area contributed by atoms with Crippen LogP contribution in [0.5, 0.6) is 0 Å². The molecular weight excluding hydrogens is 272 g/mol. The molecule has 98 valence electrons. The minimum atomic E-state index is -0.905. The summed E-state index contributed by atoms with van der Waals surface area (Å²) >= 11 is 5.91. The van der Waals surface area contributed by atoms with Crippen LogP contribution in [0.4, 0.5) is 14.5 Å². The summed E-state index contributed by atoms with van der Waals surface area (Å²) in [6.07, 6.45) is 0. The van der Waals surface area contributed by atoms with Crippen LogP contribution in [0.1, 0.15) is 15.9 Å². The van der Waals surface area contributed by atoms with Gasteiger partial charge in [0, 0.05) is 10.7 Å². The number of hydrogen-bond donors (Lipinski definition) is 1. The molecule has 0 radical (unpaired) electrons. The second-order valence-corrected chi connectivity index (χ2v) is 4.37. The number of carbonyl (C=O) groups excluding carboxylic acids is 1. The summed E-state index contributed by atoms with van der Waals surface area (Å²) in [6.45, 7) is 1.70. The Hall–Kier alpha value is -1.94. The number of carbonyl (C=O) groups is 1. The fraction of sp³-hybridized carbons (Fsp3) is 0.0714. The van der Waals surface area contributed by atoms with Crippen LogP contribution in [0, 0.1) is 18.6 Å². The van der Waals surface area contributed by atoms with Gasteiger partial charge in [0.1, 0.15) is 17.2 Å².